The first kappa shape index (κ1) is 10.5. The molecule has 76 valence electrons. The van der Waals surface area contributed by atoms with Gasteiger partial charge in [-0.2, -0.15) is 0 Å². The van der Waals surface area contributed by atoms with Crippen molar-refractivity contribution in [1.82, 2.24) is 0 Å². The average Bonchev–Trinajstić information content (AvgIpc) is 2.30. The van der Waals surface area contributed by atoms with Gasteiger partial charge >= 0.3 is 5.97 Å². The molecule has 1 saturated heterocycles. The van der Waals surface area contributed by atoms with E-state index in [1.165, 1.54) is 0 Å². The molecule has 1 aliphatic rings. The number of hydrogen-bond donors (Lipinski definition) is 0. The third kappa shape index (κ3) is 2.44. The van der Waals surface area contributed by atoms with E-state index >= 15 is 0 Å². The molecule has 3 nitrogen and oxygen atoms in total. The zero-order valence-electron chi connectivity index (χ0n) is 8.79. The molecule has 2 unspecified atom stereocenters. The summed E-state index contributed by atoms with van der Waals surface area (Å²) < 4.78 is 10.4. The highest BCUT2D eigenvalue weighted by Crippen LogP contribution is 2.37. The predicted molar refractivity (Wildman–Crippen MR) is 49.1 cm³/mol. The molecule has 3 heteroatoms. The van der Waals surface area contributed by atoms with Crippen LogP contribution in [0.25, 0.3) is 0 Å². The lowest BCUT2D eigenvalue weighted by atomic mass is 9.79. The molecule has 0 amide bonds. The molecule has 0 N–H and O–H groups in total. The fourth-order valence-corrected chi connectivity index (χ4v) is 1.56. The second-order valence-electron chi connectivity index (χ2n) is 4.49. The highest BCUT2D eigenvalue weighted by molar-refractivity contribution is 5.72. The van der Waals surface area contributed by atoms with Gasteiger partial charge in [0.15, 0.2) is 0 Å². The van der Waals surface area contributed by atoms with E-state index in [4.69, 9.17) is 9.47 Å². The van der Waals surface area contributed by atoms with Crippen molar-refractivity contribution < 1.29 is 14.3 Å². The van der Waals surface area contributed by atoms with Gasteiger partial charge in [0.1, 0.15) is 0 Å². The SMILES string of the molecule is CCOC1OC(=O)CC1C(C)(C)C. The van der Waals surface area contributed by atoms with Crippen LogP contribution in [0.3, 0.4) is 0 Å². The third-order valence-electron chi connectivity index (χ3n) is 2.41. The Morgan fingerprint density at radius 1 is 1.54 bits per heavy atom. The predicted octanol–water partition coefficient (Wildman–Crippen LogP) is 1.96. The van der Waals surface area contributed by atoms with Crippen molar-refractivity contribution in [1.29, 1.82) is 0 Å². The largest absolute Gasteiger partial charge is 0.435 e. The maximum atomic E-state index is 11.1. The van der Waals surface area contributed by atoms with E-state index in [0.717, 1.165) is 0 Å². The molecule has 1 aliphatic heterocycles. The Kier molecular flexibility index (Phi) is 2.96. The molecule has 0 aromatic carbocycles. The summed E-state index contributed by atoms with van der Waals surface area (Å²) in [6.07, 6.45) is 0.145. The Hall–Kier alpha value is -0.570. The number of carbonyl (C=O) groups is 1. The molecular formula is C10H18O3. The summed E-state index contributed by atoms with van der Waals surface area (Å²) in [6, 6.07) is 0. The minimum atomic E-state index is -0.336. The molecule has 1 rings (SSSR count). The summed E-state index contributed by atoms with van der Waals surface area (Å²) >= 11 is 0. The van der Waals surface area contributed by atoms with Crippen LogP contribution in [-0.4, -0.2) is 18.9 Å². The second-order valence-corrected chi connectivity index (χ2v) is 4.49. The van der Waals surface area contributed by atoms with Crippen LogP contribution in [0.1, 0.15) is 34.1 Å². The van der Waals surface area contributed by atoms with Crippen molar-refractivity contribution in [3.8, 4) is 0 Å². The first-order chi connectivity index (χ1) is 5.95. The zero-order chi connectivity index (χ0) is 10.1. The Morgan fingerprint density at radius 2 is 2.15 bits per heavy atom. The quantitative estimate of drug-likeness (QED) is 0.618. The Balaban J connectivity index is 2.66. The molecule has 0 bridgehead atoms. The van der Waals surface area contributed by atoms with Gasteiger partial charge in [0, 0.05) is 12.5 Å². The Morgan fingerprint density at radius 3 is 2.62 bits per heavy atom. The lowest BCUT2D eigenvalue weighted by molar-refractivity contribution is -0.170. The van der Waals surface area contributed by atoms with Crippen LogP contribution in [0.15, 0.2) is 0 Å². The second kappa shape index (κ2) is 3.66. The van der Waals surface area contributed by atoms with Crippen molar-refractivity contribution in [2.24, 2.45) is 11.3 Å². The van der Waals surface area contributed by atoms with Gasteiger partial charge in [0.25, 0.3) is 0 Å². The number of hydrogen-bond acceptors (Lipinski definition) is 3. The number of rotatable bonds is 2. The van der Waals surface area contributed by atoms with Crippen LogP contribution in [0.5, 0.6) is 0 Å². The number of carbonyl (C=O) groups excluding carboxylic acids is 1. The molecule has 2 atom stereocenters. The monoisotopic (exact) mass is 186 g/mol. The summed E-state index contributed by atoms with van der Waals surface area (Å²) in [5.74, 6) is 0.0401. The first-order valence-corrected chi connectivity index (χ1v) is 4.76. The minimum absolute atomic E-state index is 0.0615. The number of cyclic esters (lactones) is 1. The van der Waals surface area contributed by atoms with Crippen molar-refractivity contribution in [2.75, 3.05) is 6.61 Å². The molecule has 1 heterocycles. The fourth-order valence-electron chi connectivity index (χ4n) is 1.56. The maximum Gasteiger partial charge on any atom is 0.308 e. The summed E-state index contributed by atoms with van der Waals surface area (Å²) in [4.78, 5) is 11.1. The zero-order valence-corrected chi connectivity index (χ0v) is 8.79. The van der Waals surface area contributed by atoms with Crippen molar-refractivity contribution in [3.63, 3.8) is 0 Å². The van der Waals surface area contributed by atoms with Crippen molar-refractivity contribution in [2.45, 2.75) is 40.4 Å². The number of ether oxygens (including phenoxy) is 2. The minimum Gasteiger partial charge on any atom is -0.435 e. The summed E-state index contributed by atoms with van der Waals surface area (Å²) in [6.45, 7) is 8.80. The van der Waals surface area contributed by atoms with Gasteiger partial charge in [0.2, 0.25) is 6.29 Å². The Bertz CT molecular complexity index is 193. The molecule has 0 aromatic heterocycles. The maximum absolute atomic E-state index is 11.1. The van der Waals surface area contributed by atoms with Gasteiger partial charge in [-0.25, -0.2) is 0 Å². The lowest BCUT2D eigenvalue weighted by Gasteiger charge is -2.29. The summed E-state index contributed by atoms with van der Waals surface area (Å²) in [5, 5.41) is 0. The molecule has 13 heavy (non-hydrogen) atoms. The van der Waals surface area contributed by atoms with Gasteiger partial charge in [0.05, 0.1) is 6.42 Å². The average molecular weight is 186 g/mol. The van der Waals surface area contributed by atoms with Gasteiger partial charge in [-0.05, 0) is 12.3 Å². The van der Waals surface area contributed by atoms with Crippen LogP contribution in [0.2, 0.25) is 0 Å². The molecule has 0 aliphatic carbocycles. The molecule has 0 radical (unpaired) electrons. The lowest BCUT2D eigenvalue weighted by Crippen LogP contribution is -2.30. The van der Waals surface area contributed by atoms with Crippen LogP contribution in [-0.2, 0) is 14.3 Å². The van der Waals surface area contributed by atoms with Gasteiger partial charge in [-0.1, -0.05) is 20.8 Å². The highest BCUT2D eigenvalue weighted by atomic mass is 16.7. The number of esters is 1. The topological polar surface area (TPSA) is 35.5 Å². The highest BCUT2D eigenvalue weighted by Gasteiger charge is 2.42. The van der Waals surface area contributed by atoms with Crippen molar-refractivity contribution >= 4 is 5.97 Å². The Labute approximate surface area is 79.4 Å². The first-order valence-electron chi connectivity index (χ1n) is 4.76. The molecule has 0 spiro atoms. The summed E-state index contributed by atoms with van der Waals surface area (Å²) in [5.41, 5.74) is 0.0615. The standard InChI is InChI=1S/C10H18O3/c1-5-12-9-7(10(2,3)4)6-8(11)13-9/h7,9H,5-6H2,1-4H3. The summed E-state index contributed by atoms with van der Waals surface area (Å²) in [7, 11) is 0. The van der Waals surface area contributed by atoms with Crippen LogP contribution >= 0.6 is 0 Å². The molecule has 1 fully saturated rings. The van der Waals surface area contributed by atoms with E-state index in [-0.39, 0.29) is 23.6 Å². The molecule has 0 aromatic rings. The van der Waals surface area contributed by atoms with Crippen LogP contribution in [0.4, 0.5) is 0 Å². The van der Waals surface area contributed by atoms with E-state index in [0.29, 0.717) is 13.0 Å². The van der Waals surface area contributed by atoms with Crippen molar-refractivity contribution in [3.05, 3.63) is 0 Å². The van der Waals surface area contributed by atoms with Crippen LogP contribution in [0, 0.1) is 11.3 Å². The normalized spacial score (nSPS) is 29.1. The van der Waals surface area contributed by atoms with Gasteiger partial charge in [-0.3, -0.25) is 4.79 Å². The molecule has 0 saturated carbocycles. The van der Waals surface area contributed by atoms with E-state index < -0.39 is 0 Å². The van der Waals surface area contributed by atoms with Gasteiger partial charge in [-0.15, -0.1) is 0 Å². The van der Waals surface area contributed by atoms with E-state index in [9.17, 15) is 4.79 Å². The third-order valence-corrected chi connectivity index (χ3v) is 2.41. The van der Waals surface area contributed by atoms with Crippen LogP contribution < -0.4 is 0 Å². The smallest absolute Gasteiger partial charge is 0.308 e. The van der Waals surface area contributed by atoms with Gasteiger partial charge < -0.3 is 9.47 Å². The van der Waals surface area contributed by atoms with E-state index in [1.54, 1.807) is 0 Å². The molecular weight excluding hydrogens is 168 g/mol. The fraction of sp³-hybridized carbons (Fsp3) is 0.900. The van der Waals surface area contributed by atoms with E-state index in [1.807, 2.05) is 6.92 Å². The van der Waals surface area contributed by atoms with E-state index in [2.05, 4.69) is 20.8 Å².